The van der Waals surface area contributed by atoms with Gasteiger partial charge in [-0.25, -0.2) is 13.8 Å². The van der Waals surface area contributed by atoms with E-state index in [-0.39, 0.29) is 11.6 Å². The summed E-state index contributed by atoms with van der Waals surface area (Å²) in [4.78, 5) is 3.65. The topological polar surface area (TPSA) is 22.1 Å². The smallest absolute Gasteiger partial charge is 0.280 e. The molecule has 0 saturated heterocycles. The SMILES string of the molecule is COc1cc(C(F)F)nc(Br)c1CCl. The van der Waals surface area contributed by atoms with Crippen LogP contribution in [0.15, 0.2) is 10.7 Å². The first-order chi connectivity index (χ1) is 6.60. The van der Waals surface area contributed by atoms with Crippen LogP contribution < -0.4 is 4.74 Å². The minimum absolute atomic E-state index is 0.153. The highest BCUT2D eigenvalue weighted by Crippen LogP contribution is 2.31. The fraction of sp³-hybridized carbons (Fsp3) is 0.375. The Morgan fingerprint density at radius 2 is 2.29 bits per heavy atom. The van der Waals surface area contributed by atoms with Gasteiger partial charge in [0, 0.05) is 11.6 Å². The fourth-order valence-corrected chi connectivity index (χ4v) is 1.91. The molecular weight excluding hydrogens is 279 g/mol. The lowest BCUT2D eigenvalue weighted by atomic mass is 10.2. The Kier molecular flexibility index (Phi) is 4.07. The monoisotopic (exact) mass is 285 g/mol. The molecule has 0 aromatic carbocycles. The first-order valence-electron chi connectivity index (χ1n) is 3.67. The van der Waals surface area contributed by atoms with Crippen molar-refractivity contribution in [3.63, 3.8) is 0 Å². The lowest BCUT2D eigenvalue weighted by molar-refractivity contribution is 0.145. The molecule has 0 amide bonds. The van der Waals surface area contributed by atoms with Crippen molar-refractivity contribution < 1.29 is 13.5 Å². The van der Waals surface area contributed by atoms with Crippen LogP contribution in [-0.4, -0.2) is 12.1 Å². The highest BCUT2D eigenvalue weighted by Gasteiger charge is 2.16. The van der Waals surface area contributed by atoms with Gasteiger partial charge in [0.15, 0.2) is 0 Å². The molecule has 1 aromatic rings. The Hall–Kier alpha value is -0.420. The van der Waals surface area contributed by atoms with Crippen molar-refractivity contribution >= 4 is 27.5 Å². The van der Waals surface area contributed by atoms with E-state index in [2.05, 4.69) is 20.9 Å². The molecule has 0 aliphatic rings. The van der Waals surface area contributed by atoms with Gasteiger partial charge in [-0.05, 0) is 15.9 Å². The summed E-state index contributed by atoms with van der Waals surface area (Å²) in [5.41, 5.74) is 0.237. The highest BCUT2D eigenvalue weighted by atomic mass is 79.9. The lowest BCUT2D eigenvalue weighted by Crippen LogP contribution is -1.98. The maximum Gasteiger partial charge on any atom is 0.280 e. The van der Waals surface area contributed by atoms with Gasteiger partial charge in [0.05, 0.1) is 13.0 Å². The molecule has 1 aromatic heterocycles. The van der Waals surface area contributed by atoms with Crippen LogP contribution in [0.25, 0.3) is 0 Å². The quantitative estimate of drug-likeness (QED) is 0.626. The molecule has 0 spiro atoms. The molecule has 78 valence electrons. The summed E-state index contributed by atoms with van der Waals surface area (Å²) in [7, 11) is 1.40. The van der Waals surface area contributed by atoms with Crippen LogP contribution in [0.2, 0.25) is 0 Å². The molecule has 0 fully saturated rings. The van der Waals surface area contributed by atoms with E-state index in [4.69, 9.17) is 16.3 Å². The number of ether oxygens (including phenoxy) is 1. The van der Waals surface area contributed by atoms with Crippen LogP contribution in [0, 0.1) is 0 Å². The molecular formula is C8H7BrClF2NO. The van der Waals surface area contributed by atoms with Gasteiger partial charge in [0.25, 0.3) is 6.43 Å². The van der Waals surface area contributed by atoms with E-state index in [1.807, 2.05) is 0 Å². The van der Waals surface area contributed by atoms with Gasteiger partial charge in [0.2, 0.25) is 0 Å². The maximum atomic E-state index is 12.3. The molecule has 0 unspecified atom stereocenters. The Morgan fingerprint density at radius 3 is 2.71 bits per heavy atom. The van der Waals surface area contributed by atoms with Crippen molar-refractivity contribution in [3.05, 3.63) is 21.9 Å². The zero-order valence-corrected chi connectivity index (χ0v) is 9.57. The zero-order chi connectivity index (χ0) is 10.7. The summed E-state index contributed by atoms with van der Waals surface area (Å²) in [5.74, 6) is 0.470. The predicted molar refractivity (Wildman–Crippen MR) is 53.0 cm³/mol. The molecule has 0 bridgehead atoms. The molecule has 2 nitrogen and oxygen atoms in total. The van der Waals surface area contributed by atoms with Gasteiger partial charge in [-0.15, -0.1) is 11.6 Å². The third-order valence-electron chi connectivity index (χ3n) is 1.63. The summed E-state index contributed by atoms with van der Waals surface area (Å²) in [6.45, 7) is 0. The first kappa shape index (κ1) is 11.7. The standard InChI is InChI=1S/C8H7BrClF2NO/c1-14-6-2-5(8(11)12)13-7(9)4(6)3-10/h2,8H,3H2,1H3. The molecule has 14 heavy (non-hydrogen) atoms. The van der Waals surface area contributed by atoms with Crippen molar-refractivity contribution in [1.82, 2.24) is 4.98 Å². The second-order valence-electron chi connectivity index (χ2n) is 2.45. The van der Waals surface area contributed by atoms with Crippen molar-refractivity contribution in [2.75, 3.05) is 7.11 Å². The van der Waals surface area contributed by atoms with Crippen molar-refractivity contribution in [2.45, 2.75) is 12.3 Å². The molecule has 0 aliphatic carbocycles. The second-order valence-corrected chi connectivity index (χ2v) is 3.47. The van der Waals surface area contributed by atoms with Crippen LogP contribution >= 0.6 is 27.5 Å². The van der Waals surface area contributed by atoms with Gasteiger partial charge in [-0.3, -0.25) is 0 Å². The molecule has 1 heterocycles. The van der Waals surface area contributed by atoms with Crippen LogP contribution in [0.1, 0.15) is 17.7 Å². The fourth-order valence-electron chi connectivity index (χ4n) is 0.951. The van der Waals surface area contributed by atoms with E-state index in [1.165, 1.54) is 13.2 Å². The normalized spacial score (nSPS) is 10.7. The molecule has 1 rings (SSSR count). The Labute approximate surface area is 93.4 Å². The number of alkyl halides is 3. The number of nitrogens with zero attached hydrogens (tertiary/aromatic N) is 1. The summed E-state index contributed by atoms with van der Waals surface area (Å²) >= 11 is 8.67. The Morgan fingerprint density at radius 1 is 1.64 bits per heavy atom. The number of hydrogen-bond donors (Lipinski definition) is 0. The van der Waals surface area contributed by atoms with E-state index in [9.17, 15) is 8.78 Å². The zero-order valence-electron chi connectivity index (χ0n) is 7.23. The third-order valence-corrected chi connectivity index (χ3v) is 2.55. The summed E-state index contributed by atoms with van der Waals surface area (Å²) in [5, 5.41) is 0. The van der Waals surface area contributed by atoms with Crippen LogP contribution in [0.5, 0.6) is 5.75 Å². The van der Waals surface area contributed by atoms with Crippen LogP contribution in [-0.2, 0) is 5.88 Å². The number of halogens is 4. The highest BCUT2D eigenvalue weighted by molar-refractivity contribution is 9.10. The summed E-state index contributed by atoms with van der Waals surface area (Å²) in [6.07, 6.45) is -2.62. The molecule has 0 N–H and O–H groups in total. The van der Waals surface area contributed by atoms with Crippen molar-refractivity contribution in [2.24, 2.45) is 0 Å². The largest absolute Gasteiger partial charge is 0.496 e. The molecule has 6 heteroatoms. The van der Waals surface area contributed by atoms with Gasteiger partial charge in [0.1, 0.15) is 16.0 Å². The maximum absolute atomic E-state index is 12.3. The van der Waals surface area contributed by atoms with Crippen LogP contribution in [0.3, 0.4) is 0 Å². The number of pyridine rings is 1. The average molecular weight is 287 g/mol. The Balaban J connectivity index is 3.24. The molecule has 0 radical (unpaired) electrons. The van der Waals surface area contributed by atoms with Gasteiger partial charge < -0.3 is 4.74 Å². The van der Waals surface area contributed by atoms with Gasteiger partial charge >= 0.3 is 0 Å². The van der Waals surface area contributed by atoms with Gasteiger partial charge in [-0.2, -0.15) is 0 Å². The Bertz CT molecular complexity index is 335. The molecule has 0 aliphatic heterocycles. The predicted octanol–water partition coefficient (Wildman–Crippen LogP) is 3.53. The summed E-state index contributed by atoms with van der Waals surface area (Å²) in [6, 6.07) is 1.19. The first-order valence-corrected chi connectivity index (χ1v) is 5.00. The molecule has 0 atom stereocenters. The van der Waals surface area contributed by atoms with E-state index in [0.717, 1.165) is 0 Å². The summed E-state index contributed by atoms with van der Waals surface area (Å²) < 4.78 is 29.9. The average Bonchev–Trinajstić information content (AvgIpc) is 2.16. The van der Waals surface area contributed by atoms with Crippen LogP contribution in [0.4, 0.5) is 8.78 Å². The van der Waals surface area contributed by atoms with E-state index >= 15 is 0 Å². The lowest BCUT2D eigenvalue weighted by Gasteiger charge is -2.09. The number of aromatic nitrogens is 1. The van der Waals surface area contributed by atoms with Gasteiger partial charge in [-0.1, -0.05) is 0 Å². The molecule has 0 saturated carbocycles. The third kappa shape index (κ3) is 2.33. The second kappa shape index (κ2) is 4.89. The van der Waals surface area contributed by atoms with E-state index < -0.39 is 6.43 Å². The minimum Gasteiger partial charge on any atom is -0.496 e. The number of hydrogen-bond acceptors (Lipinski definition) is 2. The van der Waals surface area contributed by atoms with Crippen molar-refractivity contribution in [1.29, 1.82) is 0 Å². The minimum atomic E-state index is -2.62. The number of rotatable bonds is 3. The van der Waals surface area contributed by atoms with E-state index in [1.54, 1.807) is 0 Å². The van der Waals surface area contributed by atoms with E-state index in [0.29, 0.717) is 15.9 Å². The number of methoxy groups -OCH3 is 1. The van der Waals surface area contributed by atoms with Crippen molar-refractivity contribution in [3.8, 4) is 5.75 Å².